The van der Waals surface area contributed by atoms with Crippen LogP contribution in [-0.4, -0.2) is 9.97 Å². The van der Waals surface area contributed by atoms with E-state index in [0.717, 1.165) is 34.0 Å². The quantitative estimate of drug-likeness (QED) is 0.382. The van der Waals surface area contributed by atoms with Gasteiger partial charge in [0.05, 0.1) is 16.3 Å². The average molecular weight is 385 g/mol. The highest BCUT2D eigenvalue weighted by Crippen LogP contribution is 2.34. The van der Waals surface area contributed by atoms with Crippen LogP contribution in [0, 0.1) is 5.82 Å². The Labute approximate surface area is 160 Å². The fraction of sp³-hybridized carbons (Fsp3) is 0.0952. The van der Waals surface area contributed by atoms with Crippen LogP contribution in [0.3, 0.4) is 0 Å². The van der Waals surface area contributed by atoms with Gasteiger partial charge < -0.3 is 4.98 Å². The van der Waals surface area contributed by atoms with E-state index in [0.29, 0.717) is 21.4 Å². The van der Waals surface area contributed by atoms with Crippen molar-refractivity contribution in [2.75, 3.05) is 0 Å². The first-order valence-corrected chi connectivity index (χ1v) is 9.04. The summed E-state index contributed by atoms with van der Waals surface area (Å²) in [4.78, 5) is 7.46. The highest BCUT2D eigenvalue weighted by Gasteiger charge is 2.13. The summed E-state index contributed by atoms with van der Waals surface area (Å²) < 4.78 is 14.2. The van der Waals surface area contributed by atoms with Crippen molar-refractivity contribution in [2.45, 2.75) is 13.3 Å². The molecule has 0 radical (unpaired) electrons. The van der Waals surface area contributed by atoms with Crippen LogP contribution in [0.15, 0.2) is 54.7 Å². The zero-order valence-corrected chi connectivity index (χ0v) is 15.5. The number of halogens is 3. The summed E-state index contributed by atoms with van der Waals surface area (Å²) >= 11 is 12.2. The minimum Gasteiger partial charge on any atom is -0.354 e. The first-order valence-electron chi connectivity index (χ1n) is 8.28. The molecule has 26 heavy (non-hydrogen) atoms. The highest BCUT2D eigenvalue weighted by atomic mass is 35.5. The first-order chi connectivity index (χ1) is 12.6. The number of fused-ring (bicyclic) bond motifs is 1. The Kier molecular flexibility index (Phi) is 4.43. The lowest BCUT2D eigenvalue weighted by molar-refractivity contribution is 0.631. The van der Waals surface area contributed by atoms with E-state index < -0.39 is 0 Å². The third kappa shape index (κ3) is 2.98. The largest absolute Gasteiger partial charge is 0.354 e. The van der Waals surface area contributed by atoms with Gasteiger partial charge in [-0.3, -0.25) is 0 Å². The van der Waals surface area contributed by atoms with Crippen LogP contribution in [0.25, 0.3) is 33.3 Å². The predicted octanol–water partition coefficient (Wildman–Crippen LogP) is 6.91. The molecule has 130 valence electrons. The van der Waals surface area contributed by atoms with Crippen molar-refractivity contribution in [1.29, 1.82) is 0 Å². The fourth-order valence-electron chi connectivity index (χ4n) is 3.21. The summed E-state index contributed by atoms with van der Waals surface area (Å²) in [5, 5.41) is 1.85. The summed E-state index contributed by atoms with van der Waals surface area (Å²) in [6.07, 6.45) is 2.66. The Morgan fingerprint density at radius 1 is 1.08 bits per heavy atom. The molecule has 2 aromatic carbocycles. The fourth-order valence-corrected chi connectivity index (χ4v) is 3.66. The Balaban J connectivity index is 1.85. The molecule has 2 aromatic heterocycles. The molecular formula is C21H15Cl2FN2. The van der Waals surface area contributed by atoms with Crippen LogP contribution in [0.2, 0.25) is 10.2 Å². The molecule has 0 aliphatic rings. The van der Waals surface area contributed by atoms with Gasteiger partial charge in [-0.15, -0.1) is 0 Å². The van der Waals surface area contributed by atoms with Crippen molar-refractivity contribution in [3.63, 3.8) is 0 Å². The second-order valence-electron chi connectivity index (χ2n) is 6.10. The molecule has 0 fully saturated rings. The maximum absolute atomic E-state index is 14.2. The van der Waals surface area contributed by atoms with E-state index in [9.17, 15) is 4.39 Å². The summed E-state index contributed by atoms with van der Waals surface area (Å²) in [6, 6.07) is 14.6. The summed E-state index contributed by atoms with van der Waals surface area (Å²) in [5.41, 5.74) is 5.19. The van der Waals surface area contributed by atoms with Gasteiger partial charge in [-0.1, -0.05) is 42.3 Å². The topological polar surface area (TPSA) is 28.7 Å². The minimum atomic E-state index is -0.348. The standard InChI is InChI=1S/C21H15Cl2FN2/c1-2-12-10-20(23)25-11-15(12)13-6-7-18-14(8-13)9-19(26-18)21-16(22)4-3-5-17(21)24/h3-11,26H,2H2,1H3. The Bertz CT molecular complexity index is 1100. The number of benzene rings is 2. The SMILES string of the molecule is CCc1cc(Cl)ncc1-c1ccc2[nH]c(-c3c(F)cccc3Cl)cc2c1. The second kappa shape index (κ2) is 6.75. The van der Waals surface area contributed by atoms with E-state index >= 15 is 0 Å². The van der Waals surface area contributed by atoms with E-state index in [4.69, 9.17) is 23.2 Å². The van der Waals surface area contributed by atoms with Gasteiger partial charge in [0.2, 0.25) is 0 Å². The minimum absolute atomic E-state index is 0.348. The molecule has 0 amide bonds. The van der Waals surface area contributed by atoms with E-state index in [1.165, 1.54) is 6.07 Å². The van der Waals surface area contributed by atoms with Crippen LogP contribution in [0.5, 0.6) is 0 Å². The number of aromatic nitrogens is 2. The summed E-state index contributed by atoms with van der Waals surface area (Å²) in [7, 11) is 0. The normalized spacial score (nSPS) is 11.2. The van der Waals surface area contributed by atoms with Crippen molar-refractivity contribution in [2.24, 2.45) is 0 Å². The van der Waals surface area contributed by atoms with Gasteiger partial charge in [0.1, 0.15) is 11.0 Å². The molecule has 0 saturated carbocycles. The van der Waals surface area contributed by atoms with E-state index in [2.05, 4.69) is 23.0 Å². The van der Waals surface area contributed by atoms with Gasteiger partial charge in [0.15, 0.2) is 0 Å². The smallest absolute Gasteiger partial charge is 0.134 e. The number of aryl methyl sites for hydroxylation is 1. The lowest BCUT2D eigenvalue weighted by Gasteiger charge is -2.08. The number of H-pyrrole nitrogens is 1. The maximum Gasteiger partial charge on any atom is 0.134 e. The van der Waals surface area contributed by atoms with Gasteiger partial charge in [-0.05, 0) is 53.9 Å². The Morgan fingerprint density at radius 2 is 1.92 bits per heavy atom. The number of aromatic amines is 1. The molecule has 0 unspecified atom stereocenters. The Hall–Kier alpha value is -2.36. The van der Waals surface area contributed by atoms with E-state index in [-0.39, 0.29) is 5.82 Å². The van der Waals surface area contributed by atoms with Crippen LogP contribution >= 0.6 is 23.2 Å². The van der Waals surface area contributed by atoms with Gasteiger partial charge >= 0.3 is 0 Å². The van der Waals surface area contributed by atoms with Crippen LogP contribution < -0.4 is 0 Å². The van der Waals surface area contributed by atoms with Crippen molar-refractivity contribution in [3.8, 4) is 22.4 Å². The molecule has 2 nitrogen and oxygen atoms in total. The Morgan fingerprint density at radius 3 is 2.69 bits per heavy atom. The molecule has 0 saturated heterocycles. The lowest BCUT2D eigenvalue weighted by atomic mass is 9.99. The molecular weight excluding hydrogens is 370 g/mol. The number of pyridine rings is 1. The van der Waals surface area contributed by atoms with Crippen molar-refractivity contribution < 1.29 is 4.39 Å². The van der Waals surface area contributed by atoms with E-state index in [1.54, 1.807) is 18.3 Å². The first kappa shape index (κ1) is 17.1. The molecule has 0 spiro atoms. The van der Waals surface area contributed by atoms with Gasteiger partial charge in [-0.2, -0.15) is 0 Å². The average Bonchev–Trinajstić information content (AvgIpc) is 3.04. The molecule has 0 atom stereocenters. The number of hydrogen-bond donors (Lipinski definition) is 1. The number of nitrogens with one attached hydrogen (secondary N) is 1. The molecule has 1 N–H and O–H groups in total. The van der Waals surface area contributed by atoms with Gasteiger partial charge in [0, 0.05) is 22.7 Å². The number of rotatable bonds is 3. The predicted molar refractivity (Wildman–Crippen MR) is 106 cm³/mol. The monoisotopic (exact) mass is 384 g/mol. The molecule has 0 aliphatic heterocycles. The van der Waals surface area contributed by atoms with Crippen molar-refractivity contribution in [3.05, 3.63) is 76.3 Å². The lowest BCUT2D eigenvalue weighted by Crippen LogP contribution is -1.90. The maximum atomic E-state index is 14.2. The highest BCUT2D eigenvalue weighted by molar-refractivity contribution is 6.33. The molecule has 0 bridgehead atoms. The number of hydrogen-bond acceptors (Lipinski definition) is 1. The van der Waals surface area contributed by atoms with E-state index in [1.807, 2.05) is 24.3 Å². The number of nitrogens with zero attached hydrogens (tertiary/aromatic N) is 1. The molecule has 4 aromatic rings. The van der Waals surface area contributed by atoms with Crippen LogP contribution in [0.1, 0.15) is 12.5 Å². The third-order valence-electron chi connectivity index (χ3n) is 4.50. The molecule has 2 heterocycles. The summed E-state index contributed by atoms with van der Waals surface area (Å²) in [5.74, 6) is -0.348. The van der Waals surface area contributed by atoms with Gasteiger partial charge in [0.25, 0.3) is 0 Å². The second-order valence-corrected chi connectivity index (χ2v) is 6.89. The zero-order valence-electron chi connectivity index (χ0n) is 14.0. The molecule has 5 heteroatoms. The zero-order chi connectivity index (χ0) is 18.3. The molecule has 0 aliphatic carbocycles. The van der Waals surface area contributed by atoms with Crippen molar-refractivity contribution in [1.82, 2.24) is 9.97 Å². The third-order valence-corrected chi connectivity index (χ3v) is 5.02. The van der Waals surface area contributed by atoms with Crippen molar-refractivity contribution >= 4 is 34.1 Å². The van der Waals surface area contributed by atoms with Crippen LogP contribution in [0.4, 0.5) is 4.39 Å². The van der Waals surface area contributed by atoms with Crippen LogP contribution in [-0.2, 0) is 6.42 Å². The van der Waals surface area contributed by atoms with Gasteiger partial charge in [-0.25, -0.2) is 9.37 Å². The summed E-state index contributed by atoms with van der Waals surface area (Å²) in [6.45, 7) is 2.09. The molecule has 4 rings (SSSR count).